The molecule has 0 aliphatic carbocycles. The SMILES string of the molecule is COc1ccc(-c2nnn(CC(=O)N(c3ccc4c(c3)OCCO4)[C@@H](C(=O)NC[C@@H]3CCCO3)c3cccs3)n2)cc1. The third-order valence-corrected chi connectivity index (χ3v) is 7.92. The Balaban J connectivity index is 1.31. The van der Waals surface area contributed by atoms with Gasteiger partial charge in [0, 0.05) is 35.3 Å². The minimum Gasteiger partial charge on any atom is -0.497 e. The quantitative estimate of drug-likeness (QED) is 0.296. The first kappa shape index (κ1) is 27.7. The van der Waals surface area contributed by atoms with Gasteiger partial charge in [-0.25, -0.2) is 0 Å². The Bertz CT molecular complexity index is 1520. The summed E-state index contributed by atoms with van der Waals surface area (Å²) in [5.41, 5.74) is 1.20. The maximum Gasteiger partial charge on any atom is 0.251 e. The van der Waals surface area contributed by atoms with Crippen molar-refractivity contribution >= 4 is 28.8 Å². The molecule has 13 heteroatoms. The Hall–Kier alpha value is -4.49. The van der Waals surface area contributed by atoms with Crippen LogP contribution in [0.2, 0.25) is 0 Å². The van der Waals surface area contributed by atoms with E-state index in [4.69, 9.17) is 18.9 Å². The first-order chi connectivity index (χ1) is 20.6. The highest BCUT2D eigenvalue weighted by Gasteiger charge is 2.35. The highest BCUT2D eigenvalue weighted by Crippen LogP contribution is 2.38. The van der Waals surface area contributed by atoms with Crippen molar-refractivity contribution in [3.05, 3.63) is 64.9 Å². The normalized spacial score (nSPS) is 16.5. The van der Waals surface area contributed by atoms with E-state index in [9.17, 15) is 9.59 Å². The summed E-state index contributed by atoms with van der Waals surface area (Å²) in [4.78, 5) is 31.3. The Morgan fingerprint density at radius 3 is 2.69 bits per heavy atom. The van der Waals surface area contributed by atoms with Gasteiger partial charge < -0.3 is 24.3 Å². The number of hydrogen-bond acceptors (Lipinski definition) is 10. The fraction of sp³-hybridized carbons (Fsp3) is 0.345. The van der Waals surface area contributed by atoms with Crippen LogP contribution in [0.1, 0.15) is 23.8 Å². The van der Waals surface area contributed by atoms with Gasteiger partial charge in [0.25, 0.3) is 5.91 Å². The van der Waals surface area contributed by atoms with Crippen LogP contribution < -0.4 is 24.4 Å². The number of aromatic nitrogens is 4. The maximum atomic E-state index is 14.1. The molecule has 12 nitrogen and oxygen atoms in total. The zero-order valence-corrected chi connectivity index (χ0v) is 23.8. The lowest BCUT2D eigenvalue weighted by atomic mass is 10.1. The van der Waals surface area contributed by atoms with Crippen LogP contribution in [-0.2, 0) is 20.9 Å². The summed E-state index contributed by atoms with van der Waals surface area (Å²) in [6.45, 7) is 1.61. The molecule has 0 spiro atoms. The van der Waals surface area contributed by atoms with E-state index in [0.29, 0.717) is 60.0 Å². The topological polar surface area (TPSA) is 130 Å². The van der Waals surface area contributed by atoms with Gasteiger partial charge in [-0.15, -0.1) is 21.5 Å². The Morgan fingerprint density at radius 2 is 1.95 bits per heavy atom. The van der Waals surface area contributed by atoms with E-state index in [1.54, 1.807) is 37.4 Å². The number of nitrogens with one attached hydrogen (secondary N) is 1. The molecule has 2 aromatic heterocycles. The van der Waals surface area contributed by atoms with Crippen LogP contribution in [0.3, 0.4) is 0 Å². The van der Waals surface area contributed by atoms with Crippen LogP contribution in [0, 0.1) is 0 Å². The number of methoxy groups -OCH3 is 1. The molecule has 2 aromatic carbocycles. The highest BCUT2D eigenvalue weighted by molar-refractivity contribution is 7.10. The van der Waals surface area contributed by atoms with E-state index in [0.717, 1.165) is 18.4 Å². The molecule has 0 radical (unpaired) electrons. The molecule has 2 aliphatic rings. The zero-order valence-electron chi connectivity index (χ0n) is 23.0. The molecule has 0 saturated carbocycles. The summed E-state index contributed by atoms with van der Waals surface area (Å²) >= 11 is 1.39. The van der Waals surface area contributed by atoms with E-state index in [2.05, 4.69) is 20.7 Å². The summed E-state index contributed by atoms with van der Waals surface area (Å²) in [5.74, 6) is 1.42. The van der Waals surface area contributed by atoms with Gasteiger partial charge in [0.1, 0.15) is 31.5 Å². The second kappa shape index (κ2) is 12.6. The Morgan fingerprint density at radius 1 is 1.12 bits per heavy atom. The van der Waals surface area contributed by atoms with Crippen LogP contribution in [0.15, 0.2) is 60.0 Å². The van der Waals surface area contributed by atoms with E-state index >= 15 is 0 Å². The average molecular weight is 591 g/mol. The molecule has 1 saturated heterocycles. The van der Waals surface area contributed by atoms with E-state index in [-0.39, 0.29) is 18.6 Å². The fourth-order valence-corrected chi connectivity index (χ4v) is 5.73. The number of nitrogens with zero attached hydrogens (tertiary/aromatic N) is 5. The molecular weight excluding hydrogens is 560 g/mol. The Labute approximate surface area is 246 Å². The van der Waals surface area contributed by atoms with Crippen molar-refractivity contribution in [1.29, 1.82) is 0 Å². The number of fused-ring (bicyclic) bond motifs is 1. The van der Waals surface area contributed by atoms with Gasteiger partial charge in [-0.05, 0) is 65.9 Å². The fourth-order valence-electron chi connectivity index (χ4n) is 4.92. The van der Waals surface area contributed by atoms with Gasteiger partial charge in [0.15, 0.2) is 11.5 Å². The number of ether oxygens (including phenoxy) is 4. The van der Waals surface area contributed by atoms with Gasteiger partial charge in [0.05, 0.1) is 13.2 Å². The van der Waals surface area contributed by atoms with Crippen LogP contribution in [-0.4, -0.2) is 71.6 Å². The predicted molar refractivity (Wildman–Crippen MR) is 154 cm³/mol. The lowest BCUT2D eigenvalue weighted by Crippen LogP contribution is -2.46. The number of carbonyl (C=O) groups excluding carboxylic acids is 2. The number of hydrogen-bond donors (Lipinski definition) is 1. The van der Waals surface area contributed by atoms with Gasteiger partial charge in [0.2, 0.25) is 11.7 Å². The van der Waals surface area contributed by atoms with Crippen LogP contribution in [0.25, 0.3) is 11.4 Å². The molecule has 2 aliphatic heterocycles. The lowest BCUT2D eigenvalue weighted by Gasteiger charge is -2.31. The molecule has 4 aromatic rings. The minimum atomic E-state index is -0.953. The average Bonchev–Trinajstić information content (AvgIpc) is 3.82. The molecular formula is C29H30N6O6S. The number of carbonyl (C=O) groups is 2. The number of thiophene rings is 1. The molecule has 218 valence electrons. The number of amides is 2. The van der Waals surface area contributed by atoms with Crippen LogP contribution in [0.5, 0.6) is 17.2 Å². The molecule has 6 rings (SSSR count). The molecule has 0 unspecified atom stereocenters. The first-order valence-electron chi connectivity index (χ1n) is 13.7. The maximum absolute atomic E-state index is 14.1. The van der Waals surface area contributed by atoms with Crippen molar-refractivity contribution in [2.75, 3.05) is 38.4 Å². The van der Waals surface area contributed by atoms with Gasteiger partial charge in [-0.3, -0.25) is 14.5 Å². The van der Waals surface area contributed by atoms with Crippen LogP contribution in [0.4, 0.5) is 5.69 Å². The molecule has 0 bridgehead atoms. The monoisotopic (exact) mass is 590 g/mol. The zero-order chi connectivity index (χ0) is 28.9. The summed E-state index contributed by atoms with van der Waals surface area (Å²) in [7, 11) is 1.59. The van der Waals surface area contributed by atoms with Crippen molar-refractivity contribution < 1.29 is 28.5 Å². The molecule has 42 heavy (non-hydrogen) atoms. The minimum absolute atomic E-state index is 0.0490. The molecule has 1 N–H and O–H groups in total. The number of tetrazole rings is 1. The first-order valence-corrected chi connectivity index (χ1v) is 14.5. The standard InChI is InChI=1S/C29H30N6O6S/c1-38-21-9-6-19(7-10-21)28-31-33-34(32-28)18-26(36)35(20-8-11-23-24(16-20)41-14-13-40-23)27(25-5-3-15-42-25)29(37)30-17-22-4-2-12-39-22/h3,5-11,15-16,22,27H,2,4,12-14,17-18H2,1H3,(H,30,37)/t22-,27+/m0/s1. The summed E-state index contributed by atoms with van der Waals surface area (Å²) in [6, 6.07) is 15.2. The van der Waals surface area contributed by atoms with Gasteiger partial charge in [-0.2, -0.15) is 4.80 Å². The second-order valence-electron chi connectivity index (χ2n) is 9.76. The smallest absolute Gasteiger partial charge is 0.251 e. The molecule has 2 atom stereocenters. The van der Waals surface area contributed by atoms with Crippen molar-refractivity contribution in [1.82, 2.24) is 25.5 Å². The van der Waals surface area contributed by atoms with Crippen molar-refractivity contribution in [2.24, 2.45) is 0 Å². The number of benzene rings is 2. The molecule has 1 fully saturated rings. The van der Waals surface area contributed by atoms with Crippen LogP contribution >= 0.6 is 11.3 Å². The van der Waals surface area contributed by atoms with Crippen molar-refractivity contribution in [3.8, 4) is 28.6 Å². The highest BCUT2D eigenvalue weighted by atomic mass is 32.1. The summed E-state index contributed by atoms with van der Waals surface area (Å²) in [6.07, 6.45) is 1.79. The van der Waals surface area contributed by atoms with Crippen molar-refractivity contribution in [3.63, 3.8) is 0 Å². The largest absolute Gasteiger partial charge is 0.497 e. The van der Waals surface area contributed by atoms with Crippen molar-refractivity contribution in [2.45, 2.75) is 31.5 Å². The Kier molecular flexibility index (Phi) is 8.28. The number of rotatable bonds is 10. The third-order valence-electron chi connectivity index (χ3n) is 7.00. The molecule has 2 amide bonds. The van der Waals surface area contributed by atoms with E-state index in [1.807, 2.05) is 29.6 Å². The van der Waals surface area contributed by atoms with Gasteiger partial charge >= 0.3 is 0 Å². The summed E-state index contributed by atoms with van der Waals surface area (Å²) in [5, 5.41) is 17.6. The molecule has 4 heterocycles. The second-order valence-corrected chi connectivity index (χ2v) is 10.7. The third kappa shape index (κ3) is 6.06. The van der Waals surface area contributed by atoms with E-state index in [1.165, 1.54) is 21.0 Å². The lowest BCUT2D eigenvalue weighted by molar-refractivity contribution is -0.127. The number of anilines is 1. The predicted octanol–water partition coefficient (Wildman–Crippen LogP) is 3.25. The summed E-state index contributed by atoms with van der Waals surface area (Å²) < 4.78 is 22.4. The van der Waals surface area contributed by atoms with Gasteiger partial charge in [-0.1, -0.05) is 6.07 Å². The van der Waals surface area contributed by atoms with E-state index < -0.39 is 11.9 Å².